The van der Waals surface area contributed by atoms with E-state index in [0.29, 0.717) is 29.4 Å². The van der Waals surface area contributed by atoms with Gasteiger partial charge in [-0.25, -0.2) is 8.42 Å². The molecule has 1 N–H and O–H groups in total. The van der Waals surface area contributed by atoms with Crippen molar-refractivity contribution in [2.75, 3.05) is 23.7 Å². The van der Waals surface area contributed by atoms with Gasteiger partial charge in [0.15, 0.2) is 0 Å². The van der Waals surface area contributed by atoms with Crippen LogP contribution < -0.4 is 14.4 Å². The van der Waals surface area contributed by atoms with Gasteiger partial charge >= 0.3 is 0 Å². The van der Waals surface area contributed by atoms with Gasteiger partial charge in [0.2, 0.25) is 11.8 Å². The third-order valence-corrected chi connectivity index (χ3v) is 9.93. The molecule has 0 aliphatic heterocycles. The molecule has 0 radical (unpaired) electrons. The van der Waals surface area contributed by atoms with Gasteiger partial charge in [-0.15, -0.1) is 11.8 Å². The zero-order valence-electron chi connectivity index (χ0n) is 25.2. The van der Waals surface area contributed by atoms with E-state index in [-0.39, 0.29) is 29.1 Å². The number of rotatable bonds is 15. The second kappa shape index (κ2) is 16.0. The van der Waals surface area contributed by atoms with E-state index < -0.39 is 28.5 Å². The Bertz CT molecular complexity index is 1480. The number of thioether (sulfide) groups is 1. The Morgan fingerprint density at radius 3 is 2.21 bits per heavy atom. The van der Waals surface area contributed by atoms with Gasteiger partial charge in [-0.1, -0.05) is 55.8 Å². The quantitative estimate of drug-likeness (QED) is 0.193. The molecule has 3 rings (SSSR count). The van der Waals surface area contributed by atoms with Crippen molar-refractivity contribution in [3.05, 3.63) is 83.4 Å². The fourth-order valence-electron chi connectivity index (χ4n) is 4.50. The molecular formula is C32H40ClN3O5S2. The first-order chi connectivity index (χ1) is 20.6. The Hall–Kier alpha value is -3.21. The summed E-state index contributed by atoms with van der Waals surface area (Å²) in [7, 11) is -4.24. The zero-order chi connectivity index (χ0) is 31.6. The van der Waals surface area contributed by atoms with Gasteiger partial charge in [-0.3, -0.25) is 13.9 Å². The lowest BCUT2D eigenvalue weighted by Gasteiger charge is -2.34. The molecular weight excluding hydrogens is 606 g/mol. The van der Waals surface area contributed by atoms with Crippen LogP contribution in [0.1, 0.15) is 46.1 Å². The second-order valence-electron chi connectivity index (χ2n) is 9.94. The molecule has 43 heavy (non-hydrogen) atoms. The van der Waals surface area contributed by atoms with Gasteiger partial charge < -0.3 is 15.0 Å². The van der Waals surface area contributed by atoms with E-state index in [1.165, 1.54) is 28.8 Å². The van der Waals surface area contributed by atoms with E-state index in [1.54, 1.807) is 67.6 Å². The fraction of sp³-hybridized carbons (Fsp3) is 0.375. The van der Waals surface area contributed by atoms with Gasteiger partial charge in [0.25, 0.3) is 10.0 Å². The number of halogens is 1. The summed E-state index contributed by atoms with van der Waals surface area (Å²) in [6, 6.07) is 19.3. The lowest BCUT2D eigenvalue weighted by Crippen LogP contribution is -2.53. The molecule has 0 fully saturated rings. The van der Waals surface area contributed by atoms with Crippen molar-refractivity contribution in [3.8, 4) is 5.75 Å². The van der Waals surface area contributed by atoms with Crippen molar-refractivity contribution in [1.82, 2.24) is 10.2 Å². The van der Waals surface area contributed by atoms with Crippen LogP contribution in [-0.2, 0) is 26.2 Å². The molecule has 8 nitrogen and oxygen atoms in total. The van der Waals surface area contributed by atoms with Crippen LogP contribution in [0.15, 0.2) is 82.6 Å². The van der Waals surface area contributed by atoms with Gasteiger partial charge in [0.1, 0.15) is 18.3 Å². The van der Waals surface area contributed by atoms with Crippen molar-refractivity contribution in [1.29, 1.82) is 0 Å². The summed E-state index contributed by atoms with van der Waals surface area (Å²) in [5.74, 6) is -0.544. The molecule has 2 amide bonds. The number of anilines is 1. The van der Waals surface area contributed by atoms with Crippen molar-refractivity contribution < 1.29 is 22.7 Å². The maximum absolute atomic E-state index is 14.3. The molecule has 0 spiro atoms. The number of amides is 2. The van der Waals surface area contributed by atoms with Crippen LogP contribution in [-0.4, -0.2) is 56.6 Å². The number of hydrogen-bond acceptors (Lipinski definition) is 6. The normalized spacial score (nSPS) is 12.7. The summed E-state index contributed by atoms with van der Waals surface area (Å²) in [6.07, 6.45) is 2.94. The van der Waals surface area contributed by atoms with E-state index in [4.69, 9.17) is 16.3 Å². The van der Waals surface area contributed by atoms with E-state index in [1.807, 2.05) is 27.0 Å². The highest BCUT2D eigenvalue weighted by Gasteiger charge is 2.35. The number of sulfonamides is 1. The largest absolute Gasteiger partial charge is 0.492 e. The minimum absolute atomic E-state index is 0.0222. The summed E-state index contributed by atoms with van der Waals surface area (Å²) in [6.45, 7) is 7.24. The second-order valence-corrected chi connectivity index (χ2v) is 13.1. The van der Waals surface area contributed by atoms with Crippen LogP contribution in [0, 0.1) is 0 Å². The molecule has 0 aromatic heterocycles. The molecule has 0 saturated carbocycles. The van der Waals surface area contributed by atoms with Gasteiger partial charge in [0, 0.05) is 22.5 Å². The number of ether oxygens (including phenoxy) is 1. The monoisotopic (exact) mass is 645 g/mol. The van der Waals surface area contributed by atoms with E-state index in [2.05, 4.69) is 5.32 Å². The number of carbonyl (C=O) groups is 2. The molecule has 3 aromatic rings. The molecule has 2 atom stereocenters. The number of hydrogen-bond donors (Lipinski definition) is 1. The van der Waals surface area contributed by atoms with E-state index in [9.17, 15) is 18.0 Å². The van der Waals surface area contributed by atoms with Gasteiger partial charge in [0.05, 0.1) is 17.2 Å². The lowest BCUT2D eigenvalue weighted by molar-refractivity contribution is -0.140. The highest BCUT2D eigenvalue weighted by Crippen LogP contribution is 2.33. The molecule has 3 aromatic carbocycles. The van der Waals surface area contributed by atoms with Crippen LogP contribution >= 0.6 is 23.4 Å². The Kier molecular flexibility index (Phi) is 12.8. The summed E-state index contributed by atoms with van der Waals surface area (Å²) in [5, 5.41) is 3.42. The average Bonchev–Trinajstić information content (AvgIpc) is 3.01. The number of nitrogens with one attached hydrogen (secondary N) is 1. The third-order valence-electron chi connectivity index (χ3n) is 7.05. The maximum Gasteiger partial charge on any atom is 0.264 e. The molecule has 0 unspecified atom stereocenters. The smallest absolute Gasteiger partial charge is 0.264 e. The molecule has 0 saturated heterocycles. The molecule has 0 heterocycles. The highest BCUT2D eigenvalue weighted by atomic mass is 35.5. The minimum Gasteiger partial charge on any atom is -0.492 e. The van der Waals surface area contributed by atoms with Crippen molar-refractivity contribution >= 4 is 50.9 Å². The molecule has 11 heteroatoms. The first-order valence-electron chi connectivity index (χ1n) is 14.3. The van der Waals surface area contributed by atoms with Crippen LogP contribution in [0.25, 0.3) is 0 Å². The molecule has 0 bridgehead atoms. The van der Waals surface area contributed by atoms with Crippen LogP contribution in [0.2, 0.25) is 5.02 Å². The average molecular weight is 646 g/mol. The Morgan fingerprint density at radius 1 is 0.953 bits per heavy atom. The lowest BCUT2D eigenvalue weighted by atomic mass is 10.1. The van der Waals surface area contributed by atoms with E-state index >= 15 is 0 Å². The number of nitrogens with zero attached hydrogens (tertiary/aromatic N) is 2. The topological polar surface area (TPSA) is 96.0 Å². The summed E-state index contributed by atoms with van der Waals surface area (Å²) >= 11 is 7.97. The Balaban J connectivity index is 2.12. The van der Waals surface area contributed by atoms with Crippen LogP contribution in [0.5, 0.6) is 5.75 Å². The van der Waals surface area contributed by atoms with Crippen molar-refractivity contribution in [3.63, 3.8) is 0 Å². The molecule has 0 aliphatic carbocycles. The Labute approximate surface area is 264 Å². The summed E-state index contributed by atoms with van der Waals surface area (Å²) in [4.78, 5) is 30.1. The first-order valence-corrected chi connectivity index (χ1v) is 17.3. The maximum atomic E-state index is 14.3. The van der Waals surface area contributed by atoms with Crippen LogP contribution in [0.3, 0.4) is 0 Å². The number of carbonyl (C=O) groups excluding carboxylic acids is 2. The summed E-state index contributed by atoms with van der Waals surface area (Å²) < 4.78 is 35.3. The zero-order valence-corrected chi connectivity index (χ0v) is 27.6. The first kappa shape index (κ1) is 34.3. The van der Waals surface area contributed by atoms with Crippen molar-refractivity contribution in [2.24, 2.45) is 0 Å². The number of benzene rings is 3. The predicted molar refractivity (Wildman–Crippen MR) is 174 cm³/mol. The van der Waals surface area contributed by atoms with Crippen LogP contribution in [0.4, 0.5) is 5.69 Å². The Morgan fingerprint density at radius 2 is 1.60 bits per heavy atom. The minimum atomic E-state index is -4.24. The molecule has 232 valence electrons. The van der Waals surface area contributed by atoms with Gasteiger partial charge in [-0.05, 0) is 81.0 Å². The fourth-order valence-corrected chi connectivity index (χ4v) is 6.53. The van der Waals surface area contributed by atoms with Crippen molar-refractivity contribution in [2.45, 2.75) is 69.0 Å². The predicted octanol–water partition coefficient (Wildman–Crippen LogP) is 6.38. The van der Waals surface area contributed by atoms with Gasteiger partial charge in [-0.2, -0.15) is 0 Å². The SMILES string of the molecule is CCOc1ccccc1N(CC(=O)N(Cc1ccccc1Cl)[C@H](CC)C(=O)N[C@@H](C)CC)S(=O)(=O)c1ccc(SC)cc1. The third kappa shape index (κ3) is 8.68. The highest BCUT2D eigenvalue weighted by molar-refractivity contribution is 7.98. The van der Waals surface area contributed by atoms with E-state index in [0.717, 1.165) is 15.6 Å². The number of para-hydroxylation sites is 2. The molecule has 0 aliphatic rings. The standard InChI is InChI=1S/C32H40ClN3O5S2/c1-6-23(4)34-32(38)28(7-2)35(21-24-13-9-10-14-27(24)33)31(37)22-36(29-15-11-12-16-30(29)41-8-3)43(39,40)26-19-17-25(42-5)18-20-26/h9-20,23,28H,6-8,21-22H2,1-5H3,(H,34,38)/t23-,28+/m0/s1. The summed E-state index contributed by atoms with van der Waals surface area (Å²) in [5.41, 5.74) is 0.866.